The average molecular weight is 303 g/mol. The van der Waals surface area contributed by atoms with Crippen LogP contribution in [0.2, 0.25) is 0 Å². The van der Waals surface area contributed by atoms with Gasteiger partial charge in [-0.3, -0.25) is 0 Å². The summed E-state index contributed by atoms with van der Waals surface area (Å²) < 4.78 is 0. The summed E-state index contributed by atoms with van der Waals surface area (Å²) in [6.07, 6.45) is 1.89. The van der Waals surface area contributed by atoms with E-state index in [1.807, 2.05) is 43.6 Å². The van der Waals surface area contributed by atoms with Gasteiger partial charge in [-0.05, 0) is 13.8 Å². The van der Waals surface area contributed by atoms with Crippen molar-refractivity contribution < 1.29 is 0 Å². The number of rotatable bonds is 2. The molecule has 100 valence electrons. The summed E-state index contributed by atoms with van der Waals surface area (Å²) in [5.41, 5.74) is 2.05. The highest BCUT2D eigenvalue weighted by molar-refractivity contribution is 8.07. The van der Waals surface area contributed by atoms with E-state index in [0.29, 0.717) is 10.5 Å². The average Bonchev–Trinajstić information content (AvgIpc) is 2.32. The van der Waals surface area contributed by atoms with Crippen LogP contribution in [0.3, 0.4) is 0 Å². The molecule has 0 radical (unpaired) electrons. The molecular weight excluding hydrogens is 284 g/mol. The topological polar surface area (TPSA) is 25.8 Å². The van der Waals surface area contributed by atoms with Crippen molar-refractivity contribution >= 4 is 35.1 Å². The molecule has 1 aromatic rings. The monoisotopic (exact) mass is 302 g/mol. The number of aryl methyl sites for hydroxylation is 1. The summed E-state index contributed by atoms with van der Waals surface area (Å²) in [6.45, 7) is 8.56. The molecule has 0 aromatic carbocycles. The first-order valence-electron chi connectivity index (χ1n) is 6.23. The Bertz CT molecular complexity index is 425. The first kappa shape index (κ1) is 14.5. The first-order valence-corrected chi connectivity index (χ1v) is 8.66. The van der Waals surface area contributed by atoms with E-state index in [1.165, 1.54) is 0 Å². The van der Waals surface area contributed by atoms with Crippen LogP contribution in [0.1, 0.15) is 48.5 Å². The number of hydrogen-bond donors (Lipinski definition) is 0. The molecule has 0 spiro atoms. The number of thioether (sulfide) groups is 2. The van der Waals surface area contributed by atoms with E-state index < -0.39 is 0 Å². The zero-order valence-corrected chi connectivity index (χ0v) is 13.6. The molecule has 0 aliphatic carbocycles. The lowest BCUT2D eigenvalue weighted by Crippen LogP contribution is -2.23. The SMILES string of the molecule is Cc1nc(C2CSC(C)C(C)S2)ncc1C(C)Cl. The van der Waals surface area contributed by atoms with Gasteiger partial charge in [-0.25, -0.2) is 9.97 Å². The smallest absolute Gasteiger partial charge is 0.142 e. The summed E-state index contributed by atoms with van der Waals surface area (Å²) in [5, 5.41) is 1.77. The van der Waals surface area contributed by atoms with Gasteiger partial charge in [0.15, 0.2) is 0 Å². The predicted molar refractivity (Wildman–Crippen MR) is 82.8 cm³/mol. The van der Waals surface area contributed by atoms with Crippen molar-refractivity contribution in [1.82, 2.24) is 9.97 Å². The Balaban J connectivity index is 2.17. The molecule has 4 atom stereocenters. The maximum absolute atomic E-state index is 6.10. The third kappa shape index (κ3) is 3.14. The molecule has 1 fully saturated rings. The van der Waals surface area contributed by atoms with Gasteiger partial charge in [0.05, 0.1) is 10.6 Å². The molecular formula is C13H19ClN2S2. The summed E-state index contributed by atoms with van der Waals surface area (Å²) in [6, 6.07) is 0. The summed E-state index contributed by atoms with van der Waals surface area (Å²) in [4.78, 5) is 9.16. The van der Waals surface area contributed by atoms with Gasteiger partial charge in [-0.2, -0.15) is 11.8 Å². The second-order valence-corrected chi connectivity index (χ2v) is 8.40. The lowest BCUT2D eigenvalue weighted by atomic mass is 10.2. The molecule has 0 amide bonds. The van der Waals surface area contributed by atoms with Gasteiger partial charge in [0.25, 0.3) is 0 Å². The van der Waals surface area contributed by atoms with E-state index in [0.717, 1.165) is 28.1 Å². The van der Waals surface area contributed by atoms with Gasteiger partial charge in [-0.15, -0.1) is 23.4 Å². The minimum atomic E-state index is -0.0219. The van der Waals surface area contributed by atoms with Gasteiger partial charge in [0.1, 0.15) is 5.82 Å². The zero-order chi connectivity index (χ0) is 13.3. The number of aromatic nitrogens is 2. The first-order chi connectivity index (χ1) is 8.49. The van der Waals surface area contributed by atoms with Crippen LogP contribution >= 0.6 is 35.1 Å². The Hall–Kier alpha value is 0.0700. The Labute approximate surface area is 123 Å². The van der Waals surface area contributed by atoms with Crippen molar-refractivity contribution in [2.24, 2.45) is 0 Å². The van der Waals surface area contributed by atoms with Gasteiger partial charge >= 0.3 is 0 Å². The molecule has 1 aliphatic rings. The Kier molecular flexibility index (Phi) is 4.84. The molecule has 18 heavy (non-hydrogen) atoms. The van der Waals surface area contributed by atoms with E-state index in [2.05, 4.69) is 23.8 Å². The normalized spacial score (nSPS) is 30.2. The predicted octanol–water partition coefficient (Wildman–Crippen LogP) is 4.38. The van der Waals surface area contributed by atoms with Crippen LogP contribution in [0.5, 0.6) is 0 Å². The van der Waals surface area contributed by atoms with Gasteiger partial charge in [0, 0.05) is 33.7 Å². The minimum absolute atomic E-state index is 0.0219. The number of hydrogen-bond acceptors (Lipinski definition) is 4. The van der Waals surface area contributed by atoms with E-state index in [9.17, 15) is 0 Å². The summed E-state index contributed by atoms with van der Waals surface area (Å²) >= 11 is 10.1. The maximum Gasteiger partial charge on any atom is 0.142 e. The highest BCUT2D eigenvalue weighted by atomic mass is 35.5. The van der Waals surface area contributed by atoms with Crippen molar-refractivity contribution in [3.8, 4) is 0 Å². The number of nitrogens with zero attached hydrogens (tertiary/aromatic N) is 2. The molecule has 4 unspecified atom stereocenters. The molecule has 0 saturated carbocycles. The zero-order valence-electron chi connectivity index (χ0n) is 11.2. The van der Waals surface area contributed by atoms with Crippen LogP contribution in [0.25, 0.3) is 0 Å². The molecule has 0 N–H and O–H groups in total. The molecule has 1 aliphatic heterocycles. The fraction of sp³-hybridized carbons (Fsp3) is 0.692. The van der Waals surface area contributed by atoms with Crippen LogP contribution < -0.4 is 0 Å². The maximum atomic E-state index is 6.10. The molecule has 2 heterocycles. The molecule has 2 rings (SSSR count). The van der Waals surface area contributed by atoms with Crippen LogP contribution in [0.15, 0.2) is 6.20 Å². The van der Waals surface area contributed by atoms with E-state index in [4.69, 9.17) is 11.6 Å². The summed E-state index contributed by atoms with van der Waals surface area (Å²) in [5.74, 6) is 2.07. The van der Waals surface area contributed by atoms with Crippen molar-refractivity contribution in [2.45, 2.75) is 48.8 Å². The number of halogens is 1. The van der Waals surface area contributed by atoms with E-state index in [-0.39, 0.29) is 5.38 Å². The van der Waals surface area contributed by atoms with Crippen LogP contribution in [0, 0.1) is 6.92 Å². The summed E-state index contributed by atoms with van der Waals surface area (Å²) in [7, 11) is 0. The molecule has 2 nitrogen and oxygen atoms in total. The van der Waals surface area contributed by atoms with Crippen molar-refractivity contribution in [3.63, 3.8) is 0 Å². The van der Waals surface area contributed by atoms with Crippen LogP contribution in [-0.2, 0) is 0 Å². The molecule has 1 aromatic heterocycles. The highest BCUT2D eigenvalue weighted by Crippen LogP contribution is 2.43. The largest absolute Gasteiger partial charge is 0.240 e. The van der Waals surface area contributed by atoms with E-state index in [1.54, 1.807) is 0 Å². The van der Waals surface area contributed by atoms with Gasteiger partial charge in [0.2, 0.25) is 0 Å². The Morgan fingerprint density at radius 1 is 1.39 bits per heavy atom. The standard InChI is InChI=1S/C13H19ClN2S2/c1-7(14)11-5-15-13(16-8(11)2)12-6-17-9(3)10(4)18-12/h5,7,9-10,12H,6H2,1-4H3. The Morgan fingerprint density at radius 2 is 2.11 bits per heavy atom. The van der Waals surface area contributed by atoms with Crippen molar-refractivity contribution in [2.75, 3.05) is 5.75 Å². The van der Waals surface area contributed by atoms with Crippen molar-refractivity contribution in [1.29, 1.82) is 0 Å². The minimum Gasteiger partial charge on any atom is -0.240 e. The van der Waals surface area contributed by atoms with Gasteiger partial charge < -0.3 is 0 Å². The van der Waals surface area contributed by atoms with Gasteiger partial charge in [-0.1, -0.05) is 13.8 Å². The van der Waals surface area contributed by atoms with Crippen molar-refractivity contribution in [3.05, 3.63) is 23.3 Å². The fourth-order valence-electron chi connectivity index (χ4n) is 1.96. The molecule has 5 heteroatoms. The molecule has 0 bridgehead atoms. The number of alkyl halides is 1. The fourth-order valence-corrected chi connectivity index (χ4v) is 5.02. The third-order valence-corrected chi connectivity index (χ3v) is 6.92. The second kappa shape index (κ2) is 6.02. The quantitative estimate of drug-likeness (QED) is 0.757. The molecule has 1 saturated heterocycles. The Morgan fingerprint density at radius 3 is 2.67 bits per heavy atom. The highest BCUT2D eigenvalue weighted by Gasteiger charge is 2.28. The second-order valence-electron chi connectivity index (χ2n) is 4.75. The van der Waals surface area contributed by atoms with E-state index >= 15 is 0 Å². The lowest BCUT2D eigenvalue weighted by molar-refractivity contribution is 0.838. The third-order valence-electron chi connectivity index (χ3n) is 3.30. The lowest BCUT2D eigenvalue weighted by Gasteiger charge is -2.30. The van der Waals surface area contributed by atoms with Crippen LogP contribution in [0.4, 0.5) is 0 Å². The van der Waals surface area contributed by atoms with Crippen LogP contribution in [-0.4, -0.2) is 26.2 Å².